The maximum atomic E-state index is 12.4. The summed E-state index contributed by atoms with van der Waals surface area (Å²) in [7, 11) is 0.362. The zero-order valence-electron chi connectivity index (χ0n) is 21.5. The number of rotatable bonds is 17. The second kappa shape index (κ2) is 14.5. The van der Waals surface area contributed by atoms with Crippen LogP contribution in [0, 0.1) is 0 Å². The highest BCUT2D eigenvalue weighted by Gasteiger charge is 2.58. The van der Waals surface area contributed by atoms with Crippen LogP contribution < -0.4 is 0 Å². The topological polar surface area (TPSA) is 55.8 Å². The fourth-order valence-corrected chi connectivity index (χ4v) is 7.10. The van der Waals surface area contributed by atoms with Crippen molar-refractivity contribution in [3.8, 4) is 0 Å². The Kier molecular flexibility index (Phi) is 12.8. The van der Waals surface area contributed by atoms with Crippen LogP contribution in [0.4, 0.5) is 0 Å². The molecule has 0 spiro atoms. The van der Waals surface area contributed by atoms with E-state index in [1.807, 2.05) is 0 Å². The number of hydrogen-bond donors (Lipinski definition) is 1. The van der Waals surface area contributed by atoms with Gasteiger partial charge in [0, 0.05) is 6.42 Å². The molecular formula is C26H53NO4P+. The summed E-state index contributed by atoms with van der Waals surface area (Å²) < 4.78 is 24.2. The second-order valence-corrected chi connectivity index (χ2v) is 12.4. The van der Waals surface area contributed by atoms with Gasteiger partial charge in [-0.25, -0.2) is 9.09 Å². The molecule has 3 unspecified atom stereocenters. The highest BCUT2D eigenvalue weighted by molar-refractivity contribution is 7.47. The van der Waals surface area contributed by atoms with Gasteiger partial charge in [0.25, 0.3) is 0 Å². The van der Waals surface area contributed by atoms with Crippen LogP contribution in [-0.4, -0.2) is 41.8 Å². The van der Waals surface area contributed by atoms with E-state index in [9.17, 15) is 9.46 Å². The Morgan fingerprint density at radius 3 is 1.81 bits per heavy atom. The third-order valence-corrected chi connectivity index (χ3v) is 9.02. The molecule has 0 aromatic rings. The molecular weight excluding hydrogens is 421 g/mol. The number of likely N-dealkylation sites (tertiary alicyclic amines) is 1. The van der Waals surface area contributed by atoms with Crippen molar-refractivity contribution in [3.05, 3.63) is 0 Å². The van der Waals surface area contributed by atoms with E-state index in [2.05, 4.69) is 21.0 Å². The first-order valence-electron chi connectivity index (χ1n) is 13.9. The average molecular weight is 475 g/mol. The number of phosphoric acid groups is 1. The lowest BCUT2D eigenvalue weighted by atomic mass is 9.95. The number of phosphoric ester groups is 1. The second-order valence-electron chi connectivity index (χ2n) is 11.0. The number of nitrogens with zero attached hydrogens (tertiary/aromatic N) is 1. The van der Waals surface area contributed by atoms with Crippen LogP contribution in [0.25, 0.3) is 0 Å². The van der Waals surface area contributed by atoms with Gasteiger partial charge < -0.3 is 9.38 Å². The summed E-state index contributed by atoms with van der Waals surface area (Å²) in [5.41, 5.74) is -0.570. The van der Waals surface area contributed by atoms with Crippen molar-refractivity contribution in [1.82, 2.24) is 0 Å². The van der Waals surface area contributed by atoms with Crippen LogP contribution in [0.2, 0.25) is 0 Å². The van der Waals surface area contributed by atoms with Crippen LogP contribution in [0.5, 0.6) is 0 Å². The minimum absolute atomic E-state index is 0.138. The molecule has 2 rings (SSSR count). The lowest BCUT2D eigenvalue weighted by Crippen LogP contribution is -2.62. The van der Waals surface area contributed by atoms with E-state index in [1.165, 1.54) is 96.3 Å². The number of fused-ring (bicyclic) bond motifs is 2. The Morgan fingerprint density at radius 1 is 0.844 bits per heavy atom. The summed E-state index contributed by atoms with van der Waals surface area (Å²) >= 11 is 0. The van der Waals surface area contributed by atoms with Crippen LogP contribution >= 0.6 is 7.82 Å². The van der Waals surface area contributed by atoms with E-state index in [4.69, 9.17) is 9.05 Å². The molecule has 5 nitrogen and oxygen atoms in total. The number of quaternary nitrogens is 1. The van der Waals surface area contributed by atoms with Gasteiger partial charge in [0.05, 0.1) is 33.2 Å². The highest BCUT2D eigenvalue weighted by atomic mass is 31.2. The summed E-state index contributed by atoms with van der Waals surface area (Å²) in [6, 6.07) is 0. The summed E-state index contributed by atoms with van der Waals surface area (Å²) in [6.07, 6.45) is 25.0. The zero-order chi connectivity index (χ0) is 23.3. The molecule has 3 atom stereocenters. The first-order chi connectivity index (χ1) is 15.3. The fourth-order valence-electron chi connectivity index (χ4n) is 5.69. The molecule has 2 aliphatic rings. The van der Waals surface area contributed by atoms with Crippen molar-refractivity contribution in [3.63, 3.8) is 0 Å². The molecule has 190 valence electrons. The zero-order valence-corrected chi connectivity index (χ0v) is 22.4. The Hall–Kier alpha value is 0.0700. The van der Waals surface area contributed by atoms with Crippen molar-refractivity contribution in [2.24, 2.45) is 0 Å². The Labute approximate surface area is 198 Å². The molecule has 2 fully saturated rings. The van der Waals surface area contributed by atoms with E-state index in [0.717, 1.165) is 38.6 Å². The normalized spacial score (nSPS) is 29.7. The maximum Gasteiger partial charge on any atom is 0.477 e. The van der Waals surface area contributed by atoms with Gasteiger partial charge in [-0.1, -0.05) is 103 Å². The molecule has 0 saturated carbocycles. The largest absolute Gasteiger partial charge is 0.477 e. The first kappa shape index (κ1) is 28.3. The predicted molar refractivity (Wildman–Crippen MR) is 134 cm³/mol. The summed E-state index contributed by atoms with van der Waals surface area (Å²) in [4.78, 5) is 10.1. The van der Waals surface area contributed by atoms with Gasteiger partial charge in [0.1, 0.15) is 0 Å². The number of unbranched alkanes of at least 4 members (excludes halogenated alkanes) is 15. The molecule has 0 radical (unpaired) electrons. The molecule has 2 heterocycles. The smallest absolute Gasteiger partial charge is 0.302 e. The molecule has 0 aliphatic carbocycles. The van der Waals surface area contributed by atoms with E-state index in [-0.39, 0.29) is 6.10 Å². The minimum Gasteiger partial charge on any atom is -0.302 e. The van der Waals surface area contributed by atoms with E-state index < -0.39 is 13.5 Å². The SMILES string of the molecule is CCCCCCCCCCCCCCCCCCC12CC(CCC[N+]1(C)C)OP(=O)(O)O2. The van der Waals surface area contributed by atoms with E-state index in [1.54, 1.807) is 0 Å². The number of hydrogen-bond acceptors (Lipinski definition) is 3. The van der Waals surface area contributed by atoms with Crippen molar-refractivity contribution in [2.45, 2.75) is 147 Å². The molecule has 32 heavy (non-hydrogen) atoms. The van der Waals surface area contributed by atoms with Crippen LogP contribution in [-0.2, 0) is 13.6 Å². The standard InChI is InChI=1S/C26H52NO4P/c1-4-5-6-7-8-9-10-11-12-13-14-15-16-17-18-19-22-26-24-25(30-32(28,29)31-26)21-20-23-27(26,2)3/h25H,4-24H2,1-3H3/p+1. The lowest BCUT2D eigenvalue weighted by molar-refractivity contribution is -0.964. The maximum absolute atomic E-state index is 12.4. The van der Waals surface area contributed by atoms with Crippen LogP contribution in [0.15, 0.2) is 0 Å². The van der Waals surface area contributed by atoms with Gasteiger partial charge >= 0.3 is 7.82 Å². The predicted octanol–water partition coefficient (Wildman–Crippen LogP) is 8.11. The van der Waals surface area contributed by atoms with Crippen LogP contribution in [0.3, 0.4) is 0 Å². The fraction of sp³-hybridized carbons (Fsp3) is 1.00. The van der Waals surface area contributed by atoms with Crippen molar-refractivity contribution in [2.75, 3.05) is 20.6 Å². The van der Waals surface area contributed by atoms with Gasteiger partial charge in [0.2, 0.25) is 5.72 Å². The van der Waals surface area contributed by atoms with Gasteiger partial charge in [-0.05, 0) is 19.3 Å². The Morgan fingerprint density at radius 2 is 1.31 bits per heavy atom. The minimum atomic E-state index is -3.94. The molecule has 2 aliphatic heterocycles. The summed E-state index contributed by atoms with van der Waals surface area (Å²) in [6.45, 7) is 3.25. The quantitative estimate of drug-likeness (QED) is 0.131. The van der Waals surface area contributed by atoms with Gasteiger partial charge in [-0.15, -0.1) is 0 Å². The Bertz CT molecular complexity index is 556. The van der Waals surface area contributed by atoms with E-state index >= 15 is 0 Å². The third kappa shape index (κ3) is 9.74. The molecule has 6 heteroatoms. The van der Waals surface area contributed by atoms with Crippen molar-refractivity contribution >= 4 is 7.82 Å². The Balaban J connectivity index is 1.51. The van der Waals surface area contributed by atoms with Crippen molar-refractivity contribution < 1.29 is 23.0 Å². The monoisotopic (exact) mass is 474 g/mol. The van der Waals surface area contributed by atoms with E-state index in [0.29, 0.717) is 4.48 Å². The van der Waals surface area contributed by atoms with Crippen LogP contribution in [0.1, 0.15) is 135 Å². The molecule has 0 amide bonds. The third-order valence-electron chi connectivity index (χ3n) is 7.88. The molecule has 0 aromatic carbocycles. The molecule has 1 N–H and O–H groups in total. The van der Waals surface area contributed by atoms with Gasteiger partial charge in [-0.2, -0.15) is 0 Å². The molecule has 2 bridgehead atoms. The summed E-state index contributed by atoms with van der Waals surface area (Å²) in [5, 5.41) is 0. The molecule has 0 aromatic heterocycles. The van der Waals surface area contributed by atoms with Gasteiger partial charge in [0.15, 0.2) is 0 Å². The summed E-state index contributed by atoms with van der Waals surface area (Å²) in [5.74, 6) is 0. The first-order valence-corrected chi connectivity index (χ1v) is 15.3. The van der Waals surface area contributed by atoms with Gasteiger partial charge in [-0.3, -0.25) is 4.52 Å². The average Bonchev–Trinajstić information content (AvgIpc) is 2.80. The highest BCUT2D eigenvalue weighted by Crippen LogP contribution is 2.59. The lowest BCUT2D eigenvalue weighted by Gasteiger charge is -2.49. The molecule has 2 saturated heterocycles. The van der Waals surface area contributed by atoms with Crippen molar-refractivity contribution in [1.29, 1.82) is 0 Å².